The average Bonchev–Trinajstić information content (AvgIpc) is 2.41. The first-order chi connectivity index (χ1) is 9.02. The molecule has 0 amide bonds. The zero-order valence-electron chi connectivity index (χ0n) is 10.6. The Morgan fingerprint density at radius 2 is 1.63 bits per heavy atom. The highest BCUT2D eigenvalue weighted by Crippen LogP contribution is 2.35. The standard InChI is InChI=1S/C14H15IN2O2/c1-2-17(15)12-8-10(4-6-14(12)19)9-3-5-13(18)11(16)7-9/h3-8,18-19H,2,16H2,1H3/p+1. The number of hydrogen-bond acceptors (Lipinski definition) is 3. The van der Waals surface area contributed by atoms with Gasteiger partial charge in [0, 0.05) is 12.6 Å². The van der Waals surface area contributed by atoms with Crippen LogP contribution in [0.25, 0.3) is 11.1 Å². The fourth-order valence-electron chi connectivity index (χ4n) is 1.83. The predicted molar refractivity (Wildman–Crippen MR) is 84.8 cm³/mol. The normalized spacial score (nSPS) is 10.5. The Morgan fingerprint density at radius 1 is 1.05 bits per heavy atom. The topological polar surface area (TPSA) is 71.3 Å². The number of phenols is 2. The molecule has 19 heavy (non-hydrogen) atoms. The number of hydrogen-bond donors (Lipinski definition) is 3. The van der Waals surface area contributed by atoms with E-state index in [0.29, 0.717) is 5.69 Å². The van der Waals surface area contributed by atoms with E-state index in [9.17, 15) is 10.2 Å². The molecule has 0 spiro atoms. The highest BCUT2D eigenvalue weighted by molar-refractivity contribution is 14.1. The van der Waals surface area contributed by atoms with Crippen LogP contribution in [0.3, 0.4) is 0 Å². The fraction of sp³-hybridized carbons (Fsp3) is 0.143. The molecular weight excluding hydrogens is 355 g/mol. The van der Waals surface area contributed by atoms with Gasteiger partial charge in [0.15, 0.2) is 11.4 Å². The number of aromatic hydroxyl groups is 2. The molecule has 2 rings (SSSR count). The van der Waals surface area contributed by atoms with Crippen molar-refractivity contribution in [2.24, 2.45) is 0 Å². The van der Waals surface area contributed by atoms with Crippen LogP contribution in [0.5, 0.6) is 11.5 Å². The molecule has 0 aliphatic carbocycles. The van der Waals surface area contributed by atoms with E-state index < -0.39 is 0 Å². The minimum Gasteiger partial charge on any atom is -0.506 e. The van der Waals surface area contributed by atoms with Crippen molar-refractivity contribution in [3.8, 4) is 22.6 Å². The van der Waals surface area contributed by atoms with Gasteiger partial charge >= 0.3 is 0 Å². The van der Waals surface area contributed by atoms with Crippen molar-refractivity contribution in [1.82, 2.24) is 0 Å². The lowest BCUT2D eigenvalue weighted by Crippen LogP contribution is -2.40. The summed E-state index contributed by atoms with van der Waals surface area (Å²) in [7, 11) is 0. The quantitative estimate of drug-likeness (QED) is 0.574. The second-order valence-electron chi connectivity index (χ2n) is 4.23. The molecule has 0 aromatic heterocycles. The molecule has 0 heterocycles. The molecule has 0 unspecified atom stereocenters. The van der Waals surface area contributed by atoms with Gasteiger partial charge in [-0.05, 0) is 36.2 Å². The van der Waals surface area contributed by atoms with Gasteiger partial charge in [0.05, 0.1) is 28.6 Å². The number of quaternary nitrogens is 1. The first kappa shape index (κ1) is 14.0. The Kier molecular flexibility index (Phi) is 4.16. The molecule has 2 aromatic rings. The second-order valence-corrected chi connectivity index (χ2v) is 5.39. The maximum Gasteiger partial charge on any atom is 0.177 e. The molecule has 0 saturated heterocycles. The van der Waals surface area contributed by atoms with Crippen LogP contribution in [0.4, 0.5) is 11.4 Å². The third-order valence-corrected chi connectivity index (χ3v) is 4.13. The van der Waals surface area contributed by atoms with Gasteiger partial charge in [-0.1, -0.05) is 12.1 Å². The van der Waals surface area contributed by atoms with Gasteiger partial charge in [0.2, 0.25) is 0 Å². The minimum atomic E-state index is 0.187. The van der Waals surface area contributed by atoms with E-state index in [1.54, 1.807) is 12.1 Å². The molecule has 0 saturated carbocycles. The fourth-order valence-corrected chi connectivity index (χ4v) is 2.22. The lowest BCUT2D eigenvalue weighted by molar-refractivity contribution is -0.256. The van der Waals surface area contributed by atoms with Crippen molar-refractivity contribution in [3.63, 3.8) is 0 Å². The Labute approximate surface area is 126 Å². The van der Waals surface area contributed by atoms with E-state index in [1.165, 1.54) is 0 Å². The van der Waals surface area contributed by atoms with Gasteiger partial charge in [0.25, 0.3) is 0 Å². The number of nitrogens with zero attached hydrogens (tertiary/aromatic N) is 1. The summed E-state index contributed by atoms with van der Waals surface area (Å²) in [5.41, 5.74) is 7.10. The molecule has 5 heteroatoms. The molecule has 0 aliphatic heterocycles. The molecule has 0 aliphatic rings. The number of halogens is 1. The monoisotopic (exact) mass is 371 g/mol. The number of benzene rings is 2. The van der Waals surface area contributed by atoms with E-state index in [0.717, 1.165) is 23.4 Å². The van der Waals surface area contributed by atoms with Crippen LogP contribution in [0.1, 0.15) is 6.92 Å². The number of phenolic OH excluding ortho intramolecular Hbond substituents is 2. The van der Waals surface area contributed by atoms with E-state index in [1.807, 2.05) is 34.3 Å². The summed E-state index contributed by atoms with van der Waals surface area (Å²) < 4.78 is 1.95. The average molecular weight is 371 g/mol. The molecular formula is C14H16IN2O2+. The summed E-state index contributed by atoms with van der Waals surface area (Å²) in [6.45, 7) is 2.82. The summed E-state index contributed by atoms with van der Waals surface area (Å²) >= 11 is 2.17. The molecule has 0 fully saturated rings. The van der Waals surface area contributed by atoms with Gasteiger partial charge in [-0.3, -0.25) is 0 Å². The lowest BCUT2D eigenvalue weighted by Gasteiger charge is -2.16. The summed E-state index contributed by atoms with van der Waals surface area (Å²) in [5, 5.41) is 19.4. The van der Waals surface area contributed by atoms with Gasteiger partial charge in [-0.2, -0.15) is 0 Å². The highest BCUT2D eigenvalue weighted by atomic mass is 127. The largest absolute Gasteiger partial charge is 0.506 e. The van der Waals surface area contributed by atoms with Crippen molar-refractivity contribution in [3.05, 3.63) is 36.4 Å². The Balaban J connectivity index is 2.48. The van der Waals surface area contributed by atoms with Gasteiger partial charge in [0.1, 0.15) is 5.75 Å². The number of rotatable bonds is 3. The Morgan fingerprint density at radius 3 is 2.21 bits per heavy atom. The van der Waals surface area contributed by atoms with Gasteiger partial charge in [-0.25, -0.2) is 0 Å². The molecule has 4 nitrogen and oxygen atoms in total. The molecule has 0 radical (unpaired) electrons. The molecule has 100 valence electrons. The van der Waals surface area contributed by atoms with Crippen molar-refractivity contribution in [2.45, 2.75) is 6.92 Å². The third kappa shape index (κ3) is 2.93. The van der Waals surface area contributed by atoms with Crippen molar-refractivity contribution in [1.29, 1.82) is 0 Å². The lowest BCUT2D eigenvalue weighted by atomic mass is 10.0. The van der Waals surface area contributed by atoms with Crippen LogP contribution in [-0.4, -0.2) is 16.8 Å². The van der Waals surface area contributed by atoms with Crippen molar-refractivity contribution < 1.29 is 15.9 Å². The molecule has 0 atom stereocenters. The van der Waals surface area contributed by atoms with E-state index in [-0.39, 0.29) is 11.5 Å². The van der Waals surface area contributed by atoms with E-state index in [4.69, 9.17) is 0 Å². The van der Waals surface area contributed by atoms with Crippen molar-refractivity contribution >= 4 is 34.2 Å². The minimum absolute atomic E-state index is 0.187. The highest BCUT2D eigenvalue weighted by Gasteiger charge is 2.10. The predicted octanol–water partition coefficient (Wildman–Crippen LogP) is 2.81. The van der Waals surface area contributed by atoms with E-state index in [2.05, 4.69) is 28.6 Å². The van der Waals surface area contributed by atoms with Crippen LogP contribution < -0.4 is 8.85 Å². The van der Waals surface area contributed by atoms with E-state index >= 15 is 0 Å². The zero-order chi connectivity index (χ0) is 14.0. The first-order valence-electron chi connectivity index (χ1n) is 5.94. The van der Waals surface area contributed by atoms with Gasteiger partial charge < -0.3 is 19.1 Å². The first-order valence-corrected chi connectivity index (χ1v) is 6.91. The summed E-state index contributed by atoms with van der Waals surface area (Å²) in [4.78, 5) is 0. The van der Waals surface area contributed by atoms with Crippen LogP contribution >= 0.6 is 22.9 Å². The molecule has 0 bridgehead atoms. The summed E-state index contributed by atoms with van der Waals surface area (Å²) in [5.74, 6) is 0.445. The smallest absolute Gasteiger partial charge is 0.177 e. The zero-order valence-corrected chi connectivity index (χ0v) is 12.8. The van der Waals surface area contributed by atoms with Crippen LogP contribution in [0, 0.1) is 0 Å². The molecule has 5 N–H and O–H groups in total. The second kappa shape index (κ2) is 5.66. The number of anilines is 1. The summed E-state index contributed by atoms with van der Waals surface area (Å²) in [6.07, 6.45) is 0. The maximum absolute atomic E-state index is 9.88. The maximum atomic E-state index is 9.88. The summed E-state index contributed by atoms with van der Waals surface area (Å²) in [6, 6.07) is 10.8. The Bertz CT molecular complexity index is 602. The third-order valence-electron chi connectivity index (χ3n) is 2.93. The SMILES string of the molecule is CCN(I)c1cc(-c2ccc(O)c([NH3+])c2)ccc1O. The Hall–Kier alpha value is -1.47. The van der Waals surface area contributed by atoms with Crippen LogP contribution in [-0.2, 0) is 0 Å². The molecule has 2 aromatic carbocycles. The van der Waals surface area contributed by atoms with Crippen LogP contribution in [0.2, 0.25) is 0 Å². The van der Waals surface area contributed by atoms with Crippen LogP contribution in [0.15, 0.2) is 36.4 Å². The van der Waals surface area contributed by atoms with Crippen molar-refractivity contribution in [2.75, 3.05) is 9.66 Å². The van der Waals surface area contributed by atoms with Gasteiger partial charge in [-0.15, -0.1) is 0 Å².